The van der Waals surface area contributed by atoms with E-state index in [-0.39, 0.29) is 18.2 Å². The number of ether oxygens (including phenoxy) is 2. The largest absolute Gasteiger partial charge is 0.467 e. The van der Waals surface area contributed by atoms with Crippen LogP contribution >= 0.6 is 0 Å². The van der Waals surface area contributed by atoms with E-state index in [2.05, 4.69) is 10.6 Å². The lowest BCUT2D eigenvalue weighted by molar-refractivity contribution is -0.146. The fraction of sp³-hybridized carbons (Fsp3) is 0.565. The van der Waals surface area contributed by atoms with E-state index < -0.39 is 35.7 Å². The summed E-state index contributed by atoms with van der Waals surface area (Å²) in [5.41, 5.74) is 0.918. The highest BCUT2D eigenvalue weighted by Crippen LogP contribution is 2.31. The Kier molecular flexibility index (Phi) is 7.06. The van der Waals surface area contributed by atoms with E-state index in [0.717, 1.165) is 5.56 Å². The molecule has 32 heavy (non-hydrogen) atoms. The Morgan fingerprint density at radius 3 is 2.59 bits per heavy atom. The van der Waals surface area contributed by atoms with E-state index in [1.165, 1.54) is 12.0 Å². The minimum Gasteiger partial charge on any atom is -0.467 e. The van der Waals surface area contributed by atoms with Gasteiger partial charge in [-0.05, 0) is 51.2 Å². The molecule has 3 amide bonds. The second kappa shape index (κ2) is 9.58. The summed E-state index contributed by atoms with van der Waals surface area (Å²) in [6.45, 7) is 6.12. The molecule has 9 heteroatoms. The lowest BCUT2D eigenvalue weighted by Gasteiger charge is -2.37. The van der Waals surface area contributed by atoms with Crippen LogP contribution in [0.2, 0.25) is 0 Å². The molecule has 0 saturated carbocycles. The van der Waals surface area contributed by atoms with Crippen LogP contribution in [0.3, 0.4) is 0 Å². The highest BCUT2D eigenvalue weighted by molar-refractivity contribution is 5.91. The number of esters is 1. The van der Waals surface area contributed by atoms with Gasteiger partial charge >= 0.3 is 12.1 Å². The molecule has 2 aliphatic rings. The van der Waals surface area contributed by atoms with Crippen molar-refractivity contribution in [2.75, 3.05) is 20.2 Å². The second-order valence-electron chi connectivity index (χ2n) is 9.12. The van der Waals surface area contributed by atoms with Crippen molar-refractivity contribution in [2.24, 2.45) is 5.92 Å². The summed E-state index contributed by atoms with van der Waals surface area (Å²) >= 11 is 0. The third kappa shape index (κ3) is 5.38. The van der Waals surface area contributed by atoms with Gasteiger partial charge in [0.1, 0.15) is 17.7 Å². The quantitative estimate of drug-likeness (QED) is 0.667. The maximum atomic E-state index is 13.5. The first kappa shape index (κ1) is 23.6. The molecule has 0 bridgehead atoms. The number of carbonyl (C=O) groups excluding carboxylic acids is 4. The zero-order chi connectivity index (χ0) is 23.5. The summed E-state index contributed by atoms with van der Waals surface area (Å²) < 4.78 is 10.4. The van der Waals surface area contributed by atoms with E-state index in [9.17, 15) is 19.2 Å². The maximum absolute atomic E-state index is 13.5. The SMILES string of the molecule is COC(=O)[C@H](C[C@@H]1CCNC1=O)NC(=O)[C@@H]1c2ccccc2CCN1C(=O)OC(C)(C)C. The Labute approximate surface area is 187 Å². The van der Waals surface area contributed by atoms with Gasteiger partial charge in [0.05, 0.1) is 7.11 Å². The highest BCUT2D eigenvalue weighted by Gasteiger charge is 2.40. The molecule has 2 N–H and O–H groups in total. The predicted octanol–water partition coefficient (Wildman–Crippen LogP) is 1.70. The van der Waals surface area contributed by atoms with E-state index in [4.69, 9.17) is 9.47 Å². The molecule has 1 saturated heterocycles. The maximum Gasteiger partial charge on any atom is 0.411 e. The second-order valence-corrected chi connectivity index (χ2v) is 9.12. The summed E-state index contributed by atoms with van der Waals surface area (Å²) in [6.07, 6.45) is 0.697. The van der Waals surface area contributed by atoms with Crippen molar-refractivity contribution in [3.63, 3.8) is 0 Å². The van der Waals surface area contributed by atoms with Crippen molar-refractivity contribution >= 4 is 23.9 Å². The lowest BCUT2D eigenvalue weighted by atomic mass is 9.91. The molecule has 0 unspecified atom stereocenters. The molecule has 0 spiro atoms. The summed E-state index contributed by atoms with van der Waals surface area (Å²) in [6, 6.07) is 5.44. The molecule has 2 heterocycles. The molecule has 1 aromatic rings. The molecule has 9 nitrogen and oxygen atoms in total. The summed E-state index contributed by atoms with van der Waals surface area (Å²) in [7, 11) is 1.24. The zero-order valence-electron chi connectivity index (χ0n) is 19.0. The first-order chi connectivity index (χ1) is 15.1. The monoisotopic (exact) mass is 445 g/mol. The Bertz CT molecular complexity index is 894. The van der Waals surface area contributed by atoms with Gasteiger partial charge in [-0.15, -0.1) is 0 Å². The normalized spacial score (nSPS) is 21.2. The number of methoxy groups -OCH3 is 1. The Morgan fingerprint density at radius 2 is 1.97 bits per heavy atom. The van der Waals surface area contributed by atoms with Crippen molar-refractivity contribution in [3.8, 4) is 0 Å². The van der Waals surface area contributed by atoms with Crippen LogP contribution in [0.5, 0.6) is 0 Å². The third-order valence-electron chi connectivity index (χ3n) is 5.64. The Morgan fingerprint density at radius 1 is 1.25 bits per heavy atom. The van der Waals surface area contributed by atoms with Crippen LogP contribution in [-0.4, -0.2) is 60.6 Å². The number of nitrogens with one attached hydrogen (secondary N) is 2. The number of hydrogen-bond acceptors (Lipinski definition) is 6. The number of amides is 3. The smallest absolute Gasteiger partial charge is 0.411 e. The van der Waals surface area contributed by atoms with Gasteiger partial charge in [0.2, 0.25) is 11.8 Å². The van der Waals surface area contributed by atoms with E-state index >= 15 is 0 Å². The summed E-state index contributed by atoms with van der Waals surface area (Å²) in [5.74, 6) is -1.69. The average molecular weight is 446 g/mol. The van der Waals surface area contributed by atoms with Crippen LogP contribution in [0.25, 0.3) is 0 Å². The van der Waals surface area contributed by atoms with Crippen LogP contribution in [0, 0.1) is 5.92 Å². The topological polar surface area (TPSA) is 114 Å². The first-order valence-electron chi connectivity index (χ1n) is 10.8. The number of rotatable bonds is 5. The van der Waals surface area contributed by atoms with Gasteiger partial charge in [-0.25, -0.2) is 9.59 Å². The number of benzene rings is 1. The zero-order valence-corrected chi connectivity index (χ0v) is 19.0. The molecule has 174 valence electrons. The predicted molar refractivity (Wildman–Crippen MR) is 116 cm³/mol. The lowest BCUT2D eigenvalue weighted by Crippen LogP contribution is -2.52. The molecule has 2 aliphatic heterocycles. The molecule has 3 atom stereocenters. The molecule has 0 aromatic heterocycles. The van der Waals surface area contributed by atoms with Crippen molar-refractivity contribution in [1.82, 2.24) is 15.5 Å². The van der Waals surface area contributed by atoms with Crippen LogP contribution in [0.15, 0.2) is 24.3 Å². The molecule has 0 aliphatic carbocycles. The number of nitrogens with zero attached hydrogens (tertiary/aromatic N) is 1. The molecule has 1 aromatic carbocycles. The van der Waals surface area contributed by atoms with E-state index in [1.807, 2.05) is 12.1 Å². The minimum absolute atomic E-state index is 0.130. The minimum atomic E-state index is -1.00. The van der Waals surface area contributed by atoms with Gasteiger partial charge in [0.15, 0.2) is 0 Å². The Balaban J connectivity index is 1.87. The van der Waals surface area contributed by atoms with Gasteiger partial charge in [-0.2, -0.15) is 0 Å². The fourth-order valence-electron chi connectivity index (χ4n) is 4.13. The van der Waals surface area contributed by atoms with Crippen molar-refractivity contribution in [2.45, 2.75) is 57.7 Å². The van der Waals surface area contributed by atoms with E-state index in [0.29, 0.717) is 31.5 Å². The Hall–Kier alpha value is -3.10. The molecular formula is C23H31N3O6. The highest BCUT2D eigenvalue weighted by atomic mass is 16.6. The molecule has 0 radical (unpaired) electrons. The fourth-order valence-corrected chi connectivity index (χ4v) is 4.13. The first-order valence-corrected chi connectivity index (χ1v) is 10.8. The van der Waals surface area contributed by atoms with Crippen LogP contribution in [-0.2, 0) is 30.3 Å². The molecule has 3 rings (SSSR count). The average Bonchev–Trinajstić information content (AvgIpc) is 3.14. The van der Waals surface area contributed by atoms with Crippen LogP contribution in [0.1, 0.15) is 50.8 Å². The molecular weight excluding hydrogens is 414 g/mol. The number of hydrogen-bond donors (Lipinski definition) is 2. The summed E-state index contributed by atoms with van der Waals surface area (Å²) in [4.78, 5) is 52.2. The van der Waals surface area contributed by atoms with Crippen molar-refractivity contribution < 1.29 is 28.7 Å². The van der Waals surface area contributed by atoms with Crippen LogP contribution < -0.4 is 10.6 Å². The standard InChI is InChI=1S/C23H31N3O6/c1-23(2,3)32-22(30)26-12-10-14-7-5-6-8-16(14)18(26)20(28)25-17(21(29)31-4)13-15-9-11-24-19(15)27/h5-8,15,17-18H,9-13H2,1-4H3,(H,24,27)(H,25,28)/t15-,17-,18-/m0/s1. The third-order valence-corrected chi connectivity index (χ3v) is 5.64. The number of fused-ring (bicyclic) bond motifs is 1. The van der Waals surface area contributed by atoms with E-state index in [1.54, 1.807) is 32.9 Å². The number of carbonyl (C=O) groups is 4. The van der Waals surface area contributed by atoms with Gasteiger partial charge in [-0.3, -0.25) is 14.5 Å². The van der Waals surface area contributed by atoms with Crippen molar-refractivity contribution in [3.05, 3.63) is 35.4 Å². The van der Waals surface area contributed by atoms with Gasteiger partial charge in [0.25, 0.3) is 0 Å². The van der Waals surface area contributed by atoms with Crippen LogP contribution in [0.4, 0.5) is 4.79 Å². The summed E-state index contributed by atoms with van der Waals surface area (Å²) in [5, 5.41) is 5.46. The van der Waals surface area contributed by atoms with Gasteiger partial charge < -0.3 is 20.1 Å². The molecule has 1 fully saturated rings. The van der Waals surface area contributed by atoms with Gasteiger partial charge in [0, 0.05) is 19.0 Å². The van der Waals surface area contributed by atoms with Gasteiger partial charge in [-0.1, -0.05) is 24.3 Å². The van der Waals surface area contributed by atoms with Crippen molar-refractivity contribution in [1.29, 1.82) is 0 Å².